The molecule has 15 rings (SSSR count). The van der Waals surface area contributed by atoms with Crippen molar-refractivity contribution in [3.8, 4) is 22.3 Å². The van der Waals surface area contributed by atoms with Crippen LogP contribution in [0.2, 0.25) is 0 Å². The maximum Gasteiger partial charge on any atom is 0.160 e. The van der Waals surface area contributed by atoms with Gasteiger partial charge in [-0.25, -0.2) is 0 Å². The van der Waals surface area contributed by atoms with Crippen molar-refractivity contribution < 1.29 is 8.83 Å². The summed E-state index contributed by atoms with van der Waals surface area (Å²) in [5.41, 5.74) is 15.5. The molecule has 0 saturated carbocycles. The first kappa shape index (κ1) is 29.5. The van der Waals surface area contributed by atoms with Crippen molar-refractivity contribution >= 4 is 120 Å². The summed E-state index contributed by atoms with van der Waals surface area (Å²) in [5, 5.41) is 14.3. The highest BCUT2D eigenvalue weighted by Crippen LogP contribution is 2.55. The van der Waals surface area contributed by atoms with Crippen LogP contribution in [-0.2, 0) is 0 Å². The van der Waals surface area contributed by atoms with E-state index in [2.05, 4.69) is 179 Å². The molecule has 0 amide bonds. The molecule has 4 nitrogen and oxygen atoms in total. The summed E-state index contributed by atoms with van der Waals surface area (Å²) in [5.74, 6) is 0. The van der Waals surface area contributed by atoms with Crippen molar-refractivity contribution in [1.29, 1.82) is 0 Å². The van der Waals surface area contributed by atoms with Crippen LogP contribution in [0.3, 0.4) is 0 Å². The number of aromatic nitrogens is 2. The van der Waals surface area contributed by atoms with Gasteiger partial charge in [-0.3, -0.25) is 0 Å². The zero-order valence-electron chi connectivity index (χ0n) is 30.9. The zero-order valence-corrected chi connectivity index (χ0v) is 30.9. The fraction of sp³-hybridized carbons (Fsp3) is 0. The van der Waals surface area contributed by atoms with E-state index in [1.54, 1.807) is 0 Å². The van der Waals surface area contributed by atoms with E-state index in [0.29, 0.717) is 0 Å². The normalized spacial score (nSPS) is 12.8. The molecule has 0 N–H and O–H groups in total. The molecule has 0 bridgehead atoms. The van der Waals surface area contributed by atoms with E-state index in [0.717, 1.165) is 54.9 Å². The van der Waals surface area contributed by atoms with Crippen LogP contribution in [0.4, 0.5) is 0 Å². The fourth-order valence-electron chi connectivity index (χ4n) is 11.0. The predicted octanol–water partition coefficient (Wildman–Crippen LogP) is 15.1. The second-order valence-corrected chi connectivity index (χ2v) is 15.9. The first-order valence-corrected chi connectivity index (χ1v) is 19.9. The Balaban J connectivity index is 1.31. The molecule has 0 aliphatic carbocycles. The van der Waals surface area contributed by atoms with Crippen molar-refractivity contribution in [2.24, 2.45) is 0 Å². The highest BCUT2D eigenvalue weighted by molar-refractivity contribution is 6.39. The molecule has 4 heteroatoms. The summed E-state index contributed by atoms with van der Waals surface area (Å²) in [4.78, 5) is 0. The summed E-state index contributed by atoms with van der Waals surface area (Å²) < 4.78 is 18.9. The van der Waals surface area contributed by atoms with Gasteiger partial charge in [0.15, 0.2) is 11.2 Å². The standard InChI is InChI=1S/C54H28N2O2/c1-3-13-29(14-4-1)43-45-39-21-11-19-33-36-26-28-38-32-18-8-10-24-42(32)58-54(38)50(36)56(47(33)39)52(45)44(30-15-5-2-6-16-30)46-40-22-12-20-34-35-25-27-37-31-17-7-9-23-41(31)57-53(37)49(35)55(48(34)40)51(43)46/h1-28H. The number of nitrogens with zero attached hydrogens (tertiary/aromatic N) is 2. The quantitative estimate of drug-likeness (QED) is 0.177. The Morgan fingerprint density at radius 3 is 1.09 bits per heavy atom. The number of furan rings is 2. The Hall–Kier alpha value is -7.82. The average molecular weight is 737 g/mol. The van der Waals surface area contributed by atoms with Crippen molar-refractivity contribution in [2.45, 2.75) is 0 Å². The van der Waals surface area contributed by atoms with Gasteiger partial charge in [0.25, 0.3) is 0 Å². The second-order valence-electron chi connectivity index (χ2n) is 15.9. The number of hydrogen-bond acceptors (Lipinski definition) is 2. The maximum atomic E-state index is 6.89. The van der Waals surface area contributed by atoms with Crippen molar-refractivity contribution in [3.63, 3.8) is 0 Å². The molecule has 6 heterocycles. The number of rotatable bonds is 2. The summed E-state index contributed by atoms with van der Waals surface area (Å²) in [6, 6.07) is 61.7. The molecule has 0 aliphatic rings. The lowest BCUT2D eigenvalue weighted by Crippen LogP contribution is -1.93. The lowest BCUT2D eigenvalue weighted by Gasteiger charge is -2.16. The third-order valence-electron chi connectivity index (χ3n) is 13.1. The Bertz CT molecular complexity index is 3960. The summed E-state index contributed by atoms with van der Waals surface area (Å²) in [6.07, 6.45) is 0. The van der Waals surface area contributed by atoms with Gasteiger partial charge in [0.1, 0.15) is 11.2 Å². The van der Waals surface area contributed by atoms with E-state index in [-0.39, 0.29) is 0 Å². The van der Waals surface area contributed by atoms with Crippen LogP contribution in [0.1, 0.15) is 0 Å². The van der Waals surface area contributed by atoms with Gasteiger partial charge < -0.3 is 17.6 Å². The minimum absolute atomic E-state index is 0.901. The van der Waals surface area contributed by atoms with E-state index >= 15 is 0 Å². The van der Waals surface area contributed by atoms with Gasteiger partial charge >= 0.3 is 0 Å². The van der Waals surface area contributed by atoms with Gasteiger partial charge in [-0.15, -0.1) is 0 Å². The number of para-hydroxylation sites is 4. The number of hydrogen-bond donors (Lipinski definition) is 0. The molecule has 266 valence electrons. The Kier molecular flexibility index (Phi) is 5.14. The molecule has 0 spiro atoms. The molecule has 15 aromatic rings. The predicted molar refractivity (Wildman–Crippen MR) is 241 cm³/mol. The van der Waals surface area contributed by atoms with Crippen LogP contribution in [0.25, 0.3) is 142 Å². The molecule has 58 heavy (non-hydrogen) atoms. The molecule has 0 saturated heterocycles. The Morgan fingerprint density at radius 2 is 0.621 bits per heavy atom. The lowest BCUT2D eigenvalue weighted by atomic mass is 9.89. The van der Waals surface area contributed by atoms with Gasteiger partial charge in [0.05, 0.1) is 33.1 Å². The van der Waals surface area contributed by atoms with Gasteiger partial charge in [0.2, 0.25) is 0 Å². The van der Waals surface area contributed by atoms with Gasteiger partial charge in [-0.05, 0) is 35.4 Å². The van der Waals surface area contributed by atoms with E-state index in [1.165, 1.54) is 87.4 Å². The minimum Gasteiger partial charge on any atom is -0.454 e. The first-order chi connectivity index (χ1) is 28.8. The summed E-state index contributed by atoms with van der Waals surface area (Å²) in [6.45, 7) is 0. The topological polar surface area (TPSA) is 35.1 Å². The molecular weight excluding hydrogens is 709 g/mol. The largest absolute Gasteiger partial charge is 0.454 e. The Morgan fingerprint density at radius 1 is 0.259 bits per heavy atom. The van der Waals surface area contributed by atoms with Crippen LogP contribution in [-0.4, -0.2) is 8.80 Å². The van der Waals surface area contributed by atoms with Crippen LogP contribution >= 0.6 is 0 Å². The van der Waals surface area contributed by atoms with Gasteiger partial charge in [-0.1, -0.05) is 146 Å². The SMILES string of the molecule is c1ccc(-c2c3c4cccc5c6ccc7c8ccccc8oc7c6n(c3c(-c3ccccc3)c3c6cccc7c8ccc9c%10ccccc%10oc9c8n(c23)c76)c54)cc1. The highest BCUT2D eigenvalue weighted by atomic mass is 16.3. The van der Waals surface area contributed by atoms with Crippen LogP contribution in [0.15, 0.2) is 179 Å². The van der Waals surface area contributed by atoms with Gasteiger partial charge in [0, 0.05) is 75.8 Å². The molecule has 0 aliphatic heterocycles. The molecule has 9 aromatic carbocycles. The van der Waals surface area contributed by atoms with E-state index in [4.69, 9.17) is 8.83 Å². The molecule has 0 atom stereocenters. The summed E-state index contributed by atoms with van der Waals surface area (Å²) in [7, 11) is 0. The number of benzene rings is 9. The smallest absolute Gasteiger partial charge is 0.160 e. The highest BCUT2D eigenvalue weighted by Gasteiger charge is 2.32. The lowest BCUT2D eigenvalue weighted by molar-refractivity contribution is 0.671. The molecule has 6 aromatic heterocycles. The maximum absolute atomic E-state index is 6.89. The molecule has 0 unspecified atom stereocenters. The number of fused-ring (bicyclic) bond motifs is 20. The third kappa shape index (κ3) is 3.30. The van der Waals surface area contributed by atoms with Gasteiger partial charge in [-0.2, -0.15) is 0 Å². The Labute approximate surface area is 328 Å². The van der Waals surface area contributed by atoms with Crippen molar-refractivity contribution in [3.05, 3.63) is 170 Å². The minimum atomic E-state index is 0.901. The zero-order chi connectivity index (χ0) is 37.4. The van der Waals surface area contributed by atoms with E-state index in [1.807, 2.05) is 0 Å². The fourth-order valence-corrected chi connectivity index (χ4v) is 11.0. The monoisotopic (exact) mass is 736 g/mol. The first-order valence-electron chi connectivity index (χ1n) is 19.9. The molecule has 0 fully saturated rings. The van der Waals surface area contributed by atoms with E-state index in [9.17, 15) is 0 Å². The van der Waals surface area contributed by atoms with Crippen LogP contribution < -0.4 is 0 Å². The average Bonchev–Trinajstić information content (AvgIpc) is 4.12. The second kappa shape index (κ2) is 10.1. The third-order valence-corrected chi connectivity index (χ3v) is 13.1. The van der Waals surface area contributed by atoms with Crippen LogP contribution in [0.5, 0.6) is 0 Å². The summed E-state index contributed by atoms with van der Waals surface area (Å²) >= 11 is 0. The van der Waals surface area contributed by atoms with Crippen LogP contribution in [0, 0.1) is 0 Å². The molecular formula is C54H28N2O2. The van der Waals surface area contributed by atoms with E-state index < -0.39 is 0 Å². The van der Waals surface area contributed by atoms with Crippen molar-refractivity contribution in [2.75, 3.05) is 0 Å². The van der Waals surface area contributed by atoms with Crippen molar-refractivity contribution in [1.82, 2.24) is 8.80 Å². The molecule has 0 radical (unpaired) electrons.